The molecule has 0 heterocycles. The summed E-state index contributed by atoms with van der Waals surface area (Å²) in [5, 5.41) is 0. The molecule has 1 atom stereocenters. The van der Waals surface area contributed by atoms with Gasteiger partial charge in [0.05, 0.1) is 4.83 Å². The number of hydrogen-bond donors (Lipinski definition) is 1. The summed E-state index contributed by atoms with van der Waals surface area (Å²) in [7, 11) is 0. The van der Waals surface area contributed by atoms with Crippen molar-refractivity contribution in [2.45, 2.75) is 16.6 Å². The molecule has 0 aromatic heterocycles. The minimum absolute atomic E-state index is 0.0635. The number of benzene rings is 1. The van der Waals surface area contributed by atoms with Crippen LogP contribution in [0.4, 0.5) is 5.69 Å². The molecular formula is C10H12BrNOS. The maximum Gasteiger partial charge on any atom is 0.147 e. The molecular weight excluding hydrogens is 262 g/mol. The average molecular weight is 274 g/mol. The SMILES string of the molecule is CSc1ccc(C(Br)C(C)=O)c(N)c1. The number of hydrogen-bond acceptors (Lipinski definition) is 3. The quantitative estimate of drug-likeness (QED) is 0.523. The Kier molecular flexibility index (Phi) is 4.01. The normalized spacial score (nSPS) is 12.5. The van der Waals surface area contributed by atoms with E-state index in [1.54, 1.807) is 18.7 Å². The van der Waals surface area contributed by atoms with Crippen molar-refractivity contribution in [1.29, 1.82) is 0 Å². The largest absolute Gasteiger partial charge is 0.398 e. The maximum atomic E-state index is 11.1. The highest BCUT2D eigenvalue weighted by atomic mass is 79.9. The molecule has 1 aromatic rings. The number of Topliss-reactive ketones (excluding diaryl/α,β-unsaturated/α-hetero) is 1. The van der Waals surface area contributed by atoms with Crippen LogP contribution in [0.25, 0.3) is 0 Å². The molecule has 1 aromatic carbocycles. The fourth-order valence-electron chi connectivity index (χ4n) is 1.13. The fourth-order valence-corrected chi connectivity index (χ4v) is 2.00. The van der Waals surface area contributed by atoms with E-state index >= 15 is 0 Å². The first-order chi connectivity index (χ1) is 6.56. The minimum Gasteiger partial charge on any atom is -0.398 e. The lowest BCUT2D eigenvalue weighted by molar-refractivity contribution is -0.116. The van der Waals surface area contributed by atoms with Crippen molar-refractivity contribution in [3.63, 3.8) is 0 Å². The van der Waals surface area contributed by atoms with Crippen LogP contribution in [0.15, 0.2) is 23.1 Å². The second-order valence-corrected chi connectivity index (χ2v) is 4.76. The Bertz CT molecular complexity index is 354. The Morgan fingerprint density at radius 3 is 2.64 bits per heavy atom. The summed E-state index contributed by atoms with van der Waals surface area (Å²) in [6.07, 6.45) is 1.99. The lowest BCUT2D eigenvalue weighted by Gasteiger charge is -2.10. The van der Waals surface area contributed by atoms with E-state index in [1.165, 1.54) is 0 Å². The first kappa shape index (κ1) is 11.6. The Balaban J connectivity index is 3.05. The molecule has 1 rings (SSSR count). The van der Waals surface area contributed by atoms with E-state index in [9.17, 15) is 4.79 Å². The molecule has 1 unspecified atom stereocenters. The van der Waals surface area contributed by atoms with Gasteiger partial charge in [-0.2, -0.15) is 0 Å². The predicted molar refractivity (Wildman–Crippen MR) is 65.0 cm³/mol. The van der Waals surface area contributed by atoms with Crippen LogP contribution in [0.5, 0.6) is 0 Å². The Morgan fingerprint density at radius 2 is 2.21 bits per heavy atom. The third-order valence-electron chi connectivity index (χ3n) is 1.92. The molecule has 0 aliphatic carbocycles. The van der Waals surface area contributed by atoms with Gasteiger partial charge in [-0.15, -0.1) is 11.8 Å². The van der Waals surface area contributed by atoms with Gasteiger partial charge in [-0.3, -0.25) is 4.79 Å². The van der Waals surface area contributed by atoms with Crippen molar-refractivity contribution >= 4 is 39.2 Å². The minimum atomic E-state index is -0.293. The lowest BCUT2D eigenvalue weighted by Crippen LogP contribution is -2.04. The standard InChI is InChI=1S/C10H12BrNOS/c1-6(13)10(11)8-4-3-7(14-2)5-9(8)12/h3-5,10H,12H2,1-2H3. The van der Waals surface area contributed by atoms with Crippen LogP contribution >= 0.6 is 27.7 Å². The molecule has 0 amide bonds. The summed E-state index contributed by atoms with van der Waals surface area (Å²) in [6.45, 7) is 1.54. The zero-order valence-corrected chi connectivity index (χ0v) is 10.5. The zero-order chi connectivity index (χ0) is 10.7. The van der Waals surface area contributed by atoms with Gasteiger partial charge < -0.3 is 5.73 Å². The van der Waals surface area contributed by atoms with Crippen molar-refractivity contribution in [2.24, 2.45) is 0 Å². The number of nitrogens with two attached hydrogens (primary N) is 1. The Morgan fingerprint density at radius 1 is 1.57 bits per heavy atom. The van der Waals surface area contributed by atoms with Gasteiger partial charge in [0.15, 0.2) is 0 Å². The molecule has 76 valence electrons. The summed E-state index contributed by atoms with van der Waals surface area (Å²) in [5.74, 6) is 0.0635. The van der Waals surface area contributed by atoms with Gasteiger partial charge in [0.25, 0.3) is 0 Å². The molecule has 0 aliphatic rings. The summed E-state index contributed by atoms with van der Waals surface area (Å²) < 4.78 is 0. The molecule has 0 bridgehead atoms. The van der Waals surface area contributed by atoms with Crippen molar-refractivity contribution in [2.75, 3.05) is 12.0 Å². The predicted octanol–water partition coefficient (Wildman–Crippen LogP) is 3.02. The van der Waals surface area contributed by atoms with Crippen molar-refractivity contribution < 1.29 is 4.79 Å². The third-order valence-corrected chi connectivity index (χ3v) is 3.79. The number of carbonyl (C=O) groups is 1. The molecule has 0 saturated heterocycles. The monoisotopic (exact) mass is 273 g/mol. The summed E-state index contributed by atoms with van der Waals surface area (Å²) >= 11 is 4.94. The number of thioether (sulfide) groups is 1. The summed E-state index contributed by atoms with van der Waals surface area (Å²) in [6, 6.07) is 5.74. The number of ketones is 1. The van der Waals surface area contributed by atoms with Gasteiger partial charge in [0.1, 0.15) is 5.78 Å². The number of halogens is 1. The number of rotatable bonds is 3. The highest BCUT2D eigenvalue weighted by molar-refractivity contribution is 9.09. The van der Waals surface area contributed by atoms with E-state index in [4.69, 9.17) is 5.73 Å². The Hall–Kier alpha value is -0.480. The third kappa shape index (κ3) is 2.51. The molecule has 0 aliphatic heterocycles. The van der Waals surface area contributed by atoms with E-state index in [-0.39, 0.29) is 10.6 Å². The van der Waals surface area contributed by atoms with Gasteiger partial charge >= 0.3 is 0 Å². The van der Waals surface area contributed by atoms with E-state index in [1.807, 2.05) is 24.5 Å². The summed E-state index contributed by atoms with van der Waals surface area (Å²) in [5.41, 5.74) is 7.34. The first-order valence-corrected chi connectivity index (χ1v) is 6.28. The van der Waals surface area contributed by atoms with Crippen LogP contribution in [0.2, 0.25) is 0 Å². The van der Waals surface area contributed by atoms with Gasteiger partial charge in [0, 0.05) is 10.6 Å². The molecule has 14 heavy (non-hydrogen) atoms. The maximum absolute atomic E-state index is 11.1. The smallest absolute Gasteiger partial charge is 0.147 e. The number of nitrogen functional groups attached to an aromatic ring is 1. The van der Waals surface area contributed by atoms with Gasteiger partial charge in [-0.05, 0) is 30.9 Å². The second-order valence-electron chi connectivity index (χ2n) is 2.97. The van der Waals surface area contributed by atoms with Gasteiger partial charge in [0.2, 0.25) is 0 Å². The molecule has 0 saturated carbocycles. The molecule has 2 nitrogen and oxygen atoms in total. The molecule has 0 fully saturated rings. The number of anilines is 1. The Labute approximate surface area is 96.4 Å². The fraction of sp³-hybridized carbons (Fsp3) is 0.300. The molecule has 2 N–H and O–H groups in total. The van der Waals surface area contributed by atoms with Crippen LogP contribution in [-0.2, 0) is 4.79 Å². The van der Waals surface area contributed by atoms with Gasteiger partial charge in [-0.1, -0.05) is 22.0 Å². The van der Waals surface area contributed by atoms with Crippen LogP contribution in [-0.4, -0.2) is 12.0 Å². The van der Waals surface area contributed by atoms with Crippen LogP contribution < -0.4 is 5.73 Å². The van der Waals surface area contributed by atoms with Crippen LogP contribution in [0.1, 0.15) is 17.3 Å². The number of alkyl halides is 1. The van der Waals surface area contributed by atoms with Crippen molar-refractivity contribution in [3.8, 4) is 0 Å². The van der Waals surface area contributed by atoms with Crippen molar-refractivity contribution in [3.05, 3.63) is 23.8 Å². The lowest BCUT2D eigenvalue weighted by atomic mass is 10.1. The molecule has 4 heteroatoms. The van der Waals surface area contributed by atoms with E-state index in [0.29, 0.717) is 5.69 Å². The van der Waals surface area contributed by atoms with Crippen molar-refractivity contribution in [1.82, 2.24) is 0 Å². The highest BCUT2D eigenvalue weighted by Crippen LogP contribution is 2.31. The van der Waals surface area contributed by atoms with Gasteiger partial charge in [-0.25, -0.2) is 0 Å². The highest BCUT2D eigenvalue weighted by Gasteiger charge is 2.15. The van der Waals surface area contributed by atoms with E-state index in [2.05, 4.69) is 15.9 Å². The second kappa shape index (κ2) is 4.84. The van der Waals surface area contributed by atoms with E-state index in [0.717, 1.165) is 10.5 Å². The topological polar surface area (TPSA) is 43.1 Å². The molecule has 0 radical (unpaired) electrons. The van der Waals surface area contributed by atoms with Crippen LogP contribution in [0.3, 0.4) is 0 Å². The first-order valence-electron chi connectivity index (χ1n) is 4.14. The van der Waals surface area contributed by atoms with E-state index < -0.39 is 0 Å². The van der Waals surface area contributed by atoms with Crippen LogP contribution in [0, 0.1) is 0 Å². The average Bonchev–Trinajstić information content (AvgIpc) is 2.16. The molecule has 0 spiro atoms. The zero-order valence-electron chi connectivity index (χ0n) is 8.08. The summed E-state index contributed by atoms with van der Waals surface area (Å²) in [4.78, 5) is 12.0. The number of carbonyl (C=O) groups excluding carboxylic acids is 1.